The highest BCUT2D eigenvalue weighted by molar-refractivity contribution is 5.75. The quantitative estimate of drug-likeness (QED) is 0.575. The maximum atomic E-state index is 10.8. The van der Waals surface area contributed by atoms with Gasteiger partial charge in [-0.15, -0.1) is 0 Å². The van der Waals surface area contributed by atoms with E-state index in [0.717, 1.165) is 0 Å². The van der Waals surface area contributed by atoms with Crippen molar-refractivity contribution in [1.82, 2.24) is 5.32 Å². The summed E-state index contributed by atoms with van der Waals surface area (Å²) in [5.41, 5.74) is 0. The summed E-state index contributed by atoms with van der Waals surface area (Å²) in [7, 11) is 1.55. The molecule has 0 spiro atoms. The Bertz CT molecular complexity index is 181. The maximum absolute atomic E-state index is 10.8. The molecule has 1 atom stereocenters. The molecule has 0 aliphatic heterocycles. The summed E-state index contributed by atoms with van der Waals surface area (Å²) in [6.07, 6.45) is 0.385. The molecule has 0 aliphatic carbocycles. The number of carbonyl (C=O) groups excluding carboxylic acids is 1. The topological polar surface area (TPSA) is 75.6 Å². The number of carbonyl (C=O) groups is 2. The minimum absolute atomic E-state index is 0.131. The minimum atomic E-state index is -0.952. The third-order valence-corrected chi connectivity index (χ3v) is 1.59. The first kappa shape index (κ1) is 11.9. The van der Waals surface area contributed by atoms with Crippen LogP contribution in [0.2, 0.25) is 0 Å². The lowest BCUT2D eigenvalue weighted by atomic mass is 10.1. The van der Waals surface area contributed by atoms with Gasteiger partial charge in [0.1, 0.15) is 6.04 Å². The Kier molecular flexibility index (Phi) is 5.88. The Morgan fingerprint density at radius 1 is 1.54 bits per heavy atom. The van der Waals surface area contributed by atoms with Crippen LogP contribution < -0.4 is 5.32 Å². The normalized spacial score (nSPS) is 12.2. The summed E-state index contributed by atoms with van der Waals surface area (Å²) in [5, 5.41) is 11.2. The lowest BCUT2D eigenvalue weighted by molar-refractivity contribution is -0.144. The lowest BCUT2D eigenvalue weighted by Gasteiger charge is -2.09. The second-order valence-corrected chi connectivity index (χ2v) is 2.52. The second-order valence-electron chi connectivity index (χ2n) is 2.52. The molecule has 0 aromatic heterocycles. The largest absolute Gasteiger partial charge is 0.480 e. The van der Waals surface area contributed by atoms with Crippen molar-refractivity contribution in [2.24, 2.45) is 0 Å². The number of hydrogen-bond donors (Lipinski definition) is 2. The zero-order chi connectivity index (χ0) is 10.3. The average Bonchev–Trinajstić information content (AvgIpc) is 2.05. The number of nitrogens with one attached hydrogen (secondary N) is 1. The van der Waals surface area contributed by atoms with E-state index in [2.05, 4.69) is 10.1 Å². The number of hydrogen-bond acceptors (Lipinski definition) is 4. The van der Waals surface area contributed by atoms with Crippen molar-refractivity contribution in [2.45, 2.75) is 25.8 Å². The first-order chi connectivity index (χ1) is 6.11. The van der Waals surface area contributed by atoms with Crippen molar-refractivity contribution >= 4 is 11.9 Å². The van der Waals surface area contributed by atoms with Gasteiger partial charge in [0.2, 0.25) is 0 Å². The number of likely N-dealkylation sites (N-methyl/N-ethyl adjacent to an activating group) is 1. The van der Waals surface area contributed by atoms with Gasteiger partial charge in [-0.05, 0) is 20.4 Å². The van der Waals surface area contributed by atoms with E-state index in [1.807, 2.05) is 0 Å². The average molecular weight is 189 g/mol. The Morgan fingerprint density at radius 3 is 2.54 bits per heavy atom. The van der Waals surface area contributed by atoms with E-state index < -0.39 is 12.0 Å². The summed E-state index contributed by atoms with van der Waals surface area (Å²) >= 11 is 0. The maximum Gasteiger partial charge on any atom is 0.320 e. The molecule has 2 N–H and O–H groups in total. The molecular weight excluding hydrogens is 174 g/mol. The minimum Gasteiger partial charge on any atom is -0.480 e. The van der Waals surface area contributed by atoms with Gasteiger partial charge in [0.05, 0.1) is 6.61 Å². The van der Waals surface area contributed by atoms with Crippen LogP contribution >= 0.6 is 0 Å². The number of rotatable bonds is 6. The smallest absolute Gasteiger partial charge is 0.320 e. The van der Waals surface area contributed by atoms with Gasteiger partial charge in [-0.1, -0.05) is 0 Å². The molecular formula is C8H15NO4. The van der Waals surface area contributed by atoms with Crippen molar-refractivity contribution in [2.75, 3.05) is 13.7 Å². The summed E-state index contributed by atoms with van der Waals surface area (Å²) in [5.74, 6) is -1.31. The molecule has 0 bridgehead atoms. The van der Waals surface area contributed by atoms with Crippen LogP contribution in [0.5, 0.6) is 0 Å². The van der Waals surface area contributed by atoms with E-state index in [4.69, 9.17) is 5.11 Å². The molecule has 0 fully saturated rings. The summed E-state index contributed by atoms with van der Waals surface area (Å²) < 4.78 is 4.66. The molecule has 76 valence electrons. The van der Waals surface area contributed by atoms with Crippen LogP contribution in [0.25, 0.3) is 0 Å². The molecule has 0 heterocycles. The van der Waals surface area contributed by atoms with Crippen LogP contribution in [0.1, 0.15) is 19.8 Å². The molecule has 5 nitrogen and oxygen atoms in total. The van der Waals surface area contributed by atoms with Gasteiger partial charge in [0.25, 0.3) is 0 Å². The number of ether oxygens (including phenoxy) is 1. The van der Waals surface area contributed by atoms with Gasteiger partial charge in [0.15, 0.2) is 0 Å². The van der Waals surface area contributed by atoms with Crippen molar-refractivity contribution in [3.63, 3.8) is 0 Å². The lowest BCUT2D eigenvalue weighted by Crippen LogP contribution is -2.34. The molecule has 0 aromatic carbocycles. The Balaban J connectivity index is 3.72. The second kappa shape index (κ2) is 6.42. The highest BCUT2D eigenvalue weighted by atomic mass is 16.5. The predicted octanol–water partition coefficient (Wildman–Crippen LogP) is 0.00230. The molecule has 5 heteroatoms. The van der Waals surface area contributed by atoms with Gasteiger partial charge in [0, 0.05) is 6.42 Å². The Hall–Kier alpha value is -1.10. The molecule has 0 unspecified atom stereocenters. The van der Waals surface area contributed by atoms with Crippen molar-refractivity contribution < 1.29 is 19.4 Å². The highest BCUT2D eigenvalue weighted by Crippen LogP contribution is 1.98. The van der Waals surface area contributed by atoms with E-state index in [0.29, 0.717) is 6.61 Å². The van der Waals surface area contributed by atoms with Gasteiger partial charge < -0.3 is 15.2 Å². The first-order valence-electron chi connectivity index (χ1n) is 4.17. The van der Waals surface area contributed by atoms with Gasteiger partial charge in [-0.3, -0.25) is 9.59 Å². The molecule has 0 rings (SSSR count). The fraction of sp³-hybridized carbons (Fsp3) is 0.750. The van der Waals surface area contributed by atoms with Crippen LogP contribution in [0.4, 0.5) is 0 Å². The molecule has 0 saturated heterocycles. The molecule has 0 amide bonds. The molecule has 0 radical (unpaired) electrons. The van der Waals surface area contributed by atoms with Crippen LogP contribution in [-0.4, -0.2) is 36.7 Å². The van der Waals surface area contributed by atoms with E-state index in [9.17, 15) is 9.59 Å². The zero-order valence-electron chi connectivity index (χ0n) is 7.87. The third kappa shape index (κ3) is 5.19. The fourth-order valence-electron chi connectivity index (χ4n) is 0.887. The standard InChI is InChI=1S/C8H15NO4/c1-3-13-7(10)5-4-6(9-2)8(11)12/h6,9H,3-5H2,1-2H3,(H,11,12)/t6-/m0/s1. The number of esters is 1. The van der Waals surface area contributed by atoms with Crippen LogP contribution in [-0.2, 0) is 14.3 Å². The van der Waals surface area contributed by atoms with E-state index >= 15 is 0 Å². The zero-order valence-corrected chi connectivity index (χ0v) is 7.87. The summed E-state index contributed by atoms with van der Waals surface area (Å²) in [6.45, 7) is 2.04. The van der Waals surface area contributed by atoms with Gasteiger partial charge in [-0.2, -0.15) is 0 Å². The SMILES string of the molecule is CCOC(=O)CC[C@H](NC)C(=O)O. The van der Waals surface area contributed by atoms with Crippen molar-refractivity contribution in [3.8, 4) is 0 Å². The molecule has 0 aliphatic rings. The van der Waals surface area contributed by atoms with Crippen molar-refractivity contribution in [3.05, 3.63) is 0 Å². The first-order valence-corrected chi connectivity index (χ1v) is 4.17. The van der Waals surface area contributed by atoms with Gasteiger partial charge >= 0.3 is 11.9 Å². The van der Waals surface area contributed by atoms with E-state index in [1.165, 1.54) is 0 Å². The number of carboxylic acids is 1. The molecule has 13 heavy (non-hydrogen) atoms. The Morgan fingerprint density at radius 2 is 2.15 bits per heavy atom. The number of aliphatic carboxylic acids is 1. The molecule has 0 saturated carbocycles. The number of carboxylic acid groups (broad SMARTS) is 1. The summed E-state index contributed by atoms with van der Waals surface area (Å²) in [4.78, 5) is 21.3. The van der Waals surface area contributed by atoms with Crippen LogP contribution in [0.15, 0.2) is 0 Å². The Labute approximate surface area is 77.1 Å². The van der Waals surface area contributed by atoms with Crippen LogP contribution in [0.3, 0.4) is 0 Å². The van der Waals surface area contributed by atoms with Crippen LogP contribution in [0, 0.1) is 0 Å². The fourth-order valence-corrected chi connectivity index (χ4v) is 0.887. The van der Waals surface area contributed by atoms with E-state index in [-0.39, 0.29) is 18.8 Å². The third-order valence-electron chi connectivity index (χ3n) is 1.59. The highest BCUT2D eigenvalue weighted by Gasteiger charge is 2.16. The monoisotopic (exact) mass is 189 g/mol. The van der Waals surface area contributed by atoms with Crippen molar-refractivity contribution in [1.29, 1.82) is 0 Å². The van der Waals surface area contributed by atoms with Gasteiger partial charge in [-0.25, -0.2) is 0 Å². The van der Waals surface area contributed by atoms with E-state index in [1.54, 1.807) is 14.0 Å². The summed E-state index contributed by atoms with van der Waals surface area (Å²) in [6, 6.07) is -0.676. The predicted molar refractivity (Wildman–Crippen MR) is 46.4 cm³/mol. The molecule has 0 aromatic rings.